The van der Waals surface area contributed by atoms with Gasteiger partial charge in [0.2, 0.25) is 5.76 Å². The van der Waals surface area contributed by atoms with Gasteiger partial charge in [0.25, 0.3) is 5.91 Å². The van der Waals surface area contributed by atoms with E-state index < -0.39 is 18.5 Å². The number of fused-ring (bicyclic) bond motifs is 1. The van der Waals surface area contributed by atoms with E-state index in [1.54, 1.807) is 30.3 Å². The van der Waals surface area contributed by atoms with Gasteiger partial charge in [-0.25, -0.2) is 9.18 Å². The molecule has 0 radical (unpaired) electrons. The maximum absolute atomic E-state index is 12.8. The summed E-state index contributed by atoms with van der Waals surface area (Å²) >= 11 is 0. The van der Waals surface area contributed by atoms with Gasteiger partial charge in [0, 0.05) is 11.9 Å². The molecule has 1 aromatic heterocycles. The normalized spacial score (nSPS) is 10.5. The Kier molecular flexibility index (Phi) is 4.56. The molecule has 5 nitrogen and oxygen atoms in total. The molecule has 3 aromatic rings. The van der Waals surface area contributed by atoms with E-state index in [0.29, 0.717) is 5.58 Å². The Morgan fingerprint density at radius 2 is 1.83 bits per heavy atom. The summed E-state index contributed by atoms with van der Waals surface area (Å²) in [5.41, 5.74) is 1.32. The van der Waals surface area contributed by atoms with Crippen LogP contribution < -0.4 is 5.32 Å². The number of hydrogen-bond acceptors (Lipinski definition) is 4. The van der Waals surface area contributed by atoms with Crippen molar-refractivity contribution in [3.05, 3.63) is 71.7 Å². The van der Waals surface area contributed by atoms with Gasteiger partial charge in [-0.1, -0.05) is 30.3 Å². The number of furan rings is 1. The molecule has 0 saturated carbocycles. The number of benzene rings is 2. The van der Waals surface area contributed by atoms with E-state index in [4.69, 9.17) is 9.15 Å². The number of carbonyl (C=O) groups is 2. The highest BCUT2D eigenvalue weighted by Gasteiger charge is 2.15. The zero-order valence-corrected chi connectivity index (χ0v) is 12.6. The summed E-state index contributed by atoms with van der Waals surface area (Å²) in [6.45, 7) is -0.196. The van der Waals surface area contributed by atoms with Crippen LogP contribution in [0.4, 0.5) is 4.39 Å². The predicted molar refractivity (Wildman–Crippen MR) is 84.7 cm³/mol. The molecular weight excluding hydrogens is 313 g/mol. The quantitative estimate of drug-likeness (QED) is 0.731. The zero-order valence-electron chi connectivity index (χ0n) is 12.6. The lowest BCUT2D eigenvalue weighted by molar-refractivity contribution is -0.124. The third-order valence-electron chi connectivity index (χ3n) is 3.36. The number of hydrogen-bond donors (Lipinski definition) is 1. The number of nitrogens with one attached hydrogen (secondary N) is 1. The minimum Gasteiger partial charge on any atom is -0.450 e. The highest BCUT2D eigenvalue weighted by Crippen LogP contribution is 2.19. The predicted octanol–water partition coefficient (Wildman–Crippen LogP) is 3.05. The molecule has 3 rings (SSSR count). The smallest absolute Gasteiger partial charge is 0.374 e. The van der Waals surface area contributed by atoms with E-state index in [9.17, 15) is 14.0 Å². The number of halogens is 1. The molecule has 0 spiro atoms. The fourth-order valence-corrected chi connectivity index (χ4v) is 2.14. The van der Waals surface area contributed by atoms with Crippen LogP contribution in [0.2, 0.25) is 0 Å². The SMILES string of the molecule is O=C(COC(=O)c1cc2ccccc2o1)NCc1ccc(F)cc1. The van der Waals surface area contributed by atoms with E-state index in [-0.39, 0.29) is 18.1 Å². The van der Waals surface area contributed by atoms with Gasteiger partial charge in [-0.15, -0.1) is 0 Å². The second-order valence-corrected chi connectivity index (χ2v) is 5.13. The third kappa shape index (κ3) is 3.78. The maximum Gasteiger partial charge on any atom is 0.374 e. The maximum atomic E-state index is 12.8. The summed E-state index contributed by atoms with van der Waals surface area (Å²) in [5, 5.41) is 3.37. The van der Waals surface area contributed by atoms with Crippen molar-refractivity contribution in [1.82, 2.24) is 5.32 Å². The van der Waals surface area contributed by atoms with Crippen LogP contribution in [0.1, 0.15) is 16.1 Å². The van der Waals surface area contributed by atoms with Crippen LogP contribution in [0, 0.1) is 5.82 Å². The molecule has 0 aliphatic heterocycles. The van der Waals surface area contributed by atoms with Crippen molar-refractivity contribution in [3.8, 4) is 0 Å². The summed E-state index contributed by atoms with van der Waals surface area (Å²) < 4.78 is 23.1. The first-order valence-corrected chi connectivity index (χ1v) is 7.29. The Morgan fingerprint density at radius 3 is 2.58 bits per heavy atom. The lowest BCUT2D eigenvalue weighted by Crippen LogP contribution is -2.28. The average Bonchev–Trinajstić information content (AvgIpc) is 3.03. The van der Waals surface area contributed by atoms with Crippen LogP contribution in [0.15, 0.2) is 59.0 Å². The van der Waals surface area contributed by atoms with Crippen LogP contribution in [0.25, 0.3) is 11.0 Å². The molecule has 0 aliphatic rings. The molecule has 0 unspecified atom stereocenters. The Labute approximate surface area is 137 Å². The Morgan fingerprint density at radius 1 is 1.08 bits per heavy atom. The van der Waals surface area contributed by atoms with Gasteiger partial charge in [0.1, 0.15) is 11.4 Å². The van der Waals surface area contributed by atoms with Gasteiger partial charge in [0.15, 0.2) is 6.61 Å². The number of rotatable bonds is 5. The van der Waals surface area contributed by atoms with Crippen molar-refractivity contribution in [2.45, 2.75) is 6.54 Å². The lowest BCUT2D eigenvalue weighted by atomic mass is 10.2. The van der Waals surface area contributed by atoms with Gasteiger partial charge in [-0.05, 0) is 29.8 Å². The van der Waals surface area contributed by atoms with E-state index in [0.717, 1.165) is 10.9 Å². The van der Waals surface area contributed by atoms with Crippen LogP contribution in [0.3, 0.4) is 0 Å². The highest BCUT2D eigenvalue weighted by molar-refractivity contribution is 5.93. The molecule has 0 fully saturated rings. The molecular formula is C18H14FNO4. The second-order valence-electron chi connectivity index (χ2n) is 5.13. The largest absolute Gasteiger partial charge is 0.450 e. The summed E-state index contributed by atoms with van der Waals surface area (Å²) in [5.74, 6) is -1.46. The first-order chi connectivity index (χ1) is 11.6. The molecule has 0 aliphatic carbocycles. The molecule has 122 valence electrons. The number of carbonyl (C=O) groups excluding carboxylic acids is 2. The summed E-state index contributed by atoms with van der Waals surface area (Å²) in [7, 11) is 0. The van der Waals surface area contributed by atoms with Gasteiger partial charge in [-0.3, -0.25) is 4.79 Å². The van der Waals surface area contributed by atoms with Crippen LogP contribution in [-0.2, 0) is 16.1 Å². The molecule has 24 heavy (non-hydrogen) atoms. The Balaban J connectivity index is 1.50. The molecule has 1 N–H and O–H groups in total. The van der Waals surface area contributed by atoms with Gasteiger partial charge >= 0.3 is 5.97 Å². The number of para-hydroxylation sites is 1. The monoisotopic (exact) mass is 327 g/mol. The van der Waals surface area contributed by atoms with Gasteiger partial charge in [0.05, 0.1) is 0 Å². The number of ether oxygens (including phenoxy) is 1. The fourth-order valence-electron chi connectivity index (χ4n) is 2.14. The number of esters is 1. The standard InChI is InChI=1S/C18H14FNO4/c19-14-7-5-12(6-8-14)10-20-17(21)11-23-18(22)16-9-13-3-1-2-4-15(13)24-16/h1-9H,10-11H2,(H,20,21). The fraction of sp³-hybridized carbons (Fsp3) is 0.111. The molecule has 6 heteroatoms. The second kappa shape index (κ2) is 6.95. The molecule has 2 aromatic carbocycles. The number of amides is 1. The average molecular weight is 327 g/mol. The van der Waals surface area contributed by atoms with Crippen molar-refractivity contribution in [1.29, 1.82) is 0 Å². The van der Waals surface area contributed by atoms with E-state index in [1.807, 2.05) is 12.1 Å². The van der Waals surface area contributed by atoms with Gasteiger partial charge in [-0.2, -0.15) is 0 Å². The van der Waals surface area contributed by atoms with Crippen molar-refractivity contribution >= 4 is 22.8 Å². The van der Waals surface area contributed by atoms with Crippen molar-refractivity contribution in [2.75, 3.05) is 6.61 Å². The van der Waals surface area contributed by atoms with Crippen LogP contribution in [0.5, 0.6) is 0 Å². The molecule has 0 atom stereocenters. The first kappa shape index (κ1) is 15.7. The third-order valence-corrected chi connectivity index (χ3v) is 3.36. The minimum absolute atomic E-state index is 0.0440. The first-order valence-electron chi connectivity index (χ1n) is 7.29. The van der Waals surface area contributed by atoms with Crippen molar-refractivity contribution < 1.29 is 23.1 Å². The van der Waals surface area contributed by atoms with Crippen LogP contribution >= 0.6 is 0 Å². The van der Waals surface area contributed by atoms with Crippen molar-refractivity contribution in [3.63, 3.8) is 0 Å². The minimum atomic E-state index is -0.705. The summed E-state index contributed by atoms with van der Waals surface area (Å²) in [6.07, 6.45) is 0. The zero-order chi connectivity index (χ0) is 16.9. The molecule has 1 amide bonds. The summed E-state index contributed by atoms with van der Waals surface area (Å²) in [4.78, 5) is 23.6. The van der Waals surface area contributed by atoms with E-state index in [1.165, 1.54) is 12.1 Å². The Hall–Kier alpha value is -3.15. The molecule has 0 bridgehead atoms. The summed E-state index contributed by atoms with van der Waals surface area (Å²) in [6, 6.07) is 14.5. The Bertz CT molecular complexity index is 837. The molecule has 1 heterocycles. The van der Waals surface area contributed by atoms with E-state index in [2.05, 4.69) is 5.32 Å². The lowest BCUT2D eigenvalue weighted by Gasteiger charge is -2.05. The molecule has 0 saturated heterocycles. The van der Waals surface area contributed by atoms with Crippen LogP contribution in [-0.4, -0.2) is 18.5 Å². The topological polar surface area (TPSA) is 68.5 Å². The van der Waals surface area contributed by atoms with E-state index >= 15 is 0 Å². The van der Waals surface area contributed by atoms with Crippen molar-refractivity contribution in [2.24, 2.45) is 0 Å². The van der Waals surface area contributed by atoms with Gasteiger partial charge < -0.3 is 14.5 Å². The highest BCUT2D eigenvalue weighted by atomic mass is 19.1.